The van der Waals surface area contributed by atoms with Gasteiger partial charge in [-0.25, -0.2) is 0 Å². The summed E-state index contributed by atoms with van der Waals surface area (Å²) in [6.07, 6.45) is 0. The zero-order chi connectivity index (χ0) is 11.4. The average molecular weight is 289 g/mol. The second-order valence-electron chi connectivity index (χ2n) is 3.16. The number of hydrogen-bond acceptors (Lipinski definition) is 1. The summed E-state index contributed by atoms with van der Waals surface area (Å²) in [5, 5.41) is 3.07. The van der Waals surface area contributed by atoms with Crippen molar-refractivity contribution in [3.05, 3.63) is 45.4 Å². The van der Waals surface area contributed by atoms with Gasteiger partial charge in [0.05, 0.1) is 6.54 Å². The van der Waals surface area contributed by atoms with Gasteiger partial charge in [-0.05, 0) is 24.6 Å². The van der Waals surface area contributed by atoms with E-state index in [2.05, 4.69) is 27.8 Å². The highest BCUT2D eigenvalue weighted by atomic mass is 79.9. The Morgan fingerprint density at radius 1 is 1.60 bits per heavy atom. The lowest BCUT2D eigenvalue weighted by Crippen LogP contribution is -2.24. The summed E-state index contributed by atoms with van der Waals surface area (Å²) in [5.41, 5.74) is 1.69. The van der Waals surface area contributed by atoms with Crippen LogP contribution in [0, 0.1) is 6.92 Å². The van der Waals surface area contributed by atoms with Crippen molar-refractivity contribution in [2.45, 2.75) is 6.92 Å². The summed E-state index contributed by atoms with van der Waals surface area (Å²) in [6.45, 7) is 5.74. The van der Waals surface area contributed by atoms with Crippen LogP contribution in [0.4, 0.5) is 0 Å². The van der Waals surface area contributed by atoms with Gasteiger partial charge >= 0.3 is 0 Å². The fraction of sp³-hybridized carbons (Fsp3) is 0.182. The Morgan fingerprint density at radius 2 is 2.27 bits per heavy atom. The second kappa shape index (κ2) is 5.33. The van der Waals surface area contributed by atoms with Crippen LogP contribution in [0.1, 0.15) is 15.9 Å². The molecule has 15 heavy (non-hydrogen) atoms. The van der Waals surface area contributed by atoms with Crippen LogP contribution in [0.3, 0.4) is 0 Å². The number of halogens is 2. The molecule has 0 aliphatic rings. The lowest BCUT2D eigenvalue weighted by Gasteiger charge is -2.05. The molecule has 0 aliphatic heterocycles. The number of hydrogen-bond donors (Lipinski definition) is 1. The van der Waals surface area contributed by atoms with Crippen molar-refractivity contribution in [2.75, 3.05) is 6.54 Å². The molecule has 0 aliphatic carbocycles. The Labute approximate surface area is 102 Å². The Hall–Kier alpha value is -0.800. The highest BCUT2D eigenvalue weighted by Crippen LogP contribution is 2.17. The molecule has 4 heteroatoms. The molecule has 0 saturated carbocycles. The molecule has 1 N–H and O–H groups in total. The quantitative estimate of drug-likeness (QED) is 0.909. The summed E-state index contributed by atoms with van der Waals surface area (Å²) in [6, 6.07) is 5.43. The Morgan fingerprint density at radius 3 is 2.80 bits per heavy atom. The molecule has 0 atom stereocenters. The van der Waals surface area contributed by atoms with Crippen molar-refractivity contribution < 1.29 is 4.79 Å². The van der Waals surface area contributed by atoms with Gasteiger partial charge in [0.25, 0.3) is 5.91 Å². The smallest absolute Gasteiger partial charge is 0.251 e. The maximum Gasteiger partial charge on any atom is 0.251 e. The fourth-order valence-corrected chi connectivity index (χ4v) is 1.46. The van der Waals surface area contributed by atoms with Crippen LogP contribution in [-0.2, 0) is 0 Å². The van der Waals surface area contributed by atoms with E-state index in [1.165, 1.54) is 0 Å². The molecule has 2 nitrogen and oxygen atoms in total. The van der Waals surface area contributed by atoms with E-state index >= 15 is 0 Å². The number of aryl methyl sites for hydroxylation is 1. The highest BCUT2D eigenvalue weighted by Gasteiger charge is 2.06. The van der Waals surface area contributed by atoms with E-state index in [0.717, 1.165) is 10.0 Å². The van der Waals surface area contributed by atoms with Gasteiger partial charge in [-0.1, -0.05) is 40.2 Å². The molecule has 0 aromatic heterocycles. The lowest BCUT2D eigenvalue weighted by molar-refractivity contribution is 0.0957. The first-order valence-corrected chi connectivity index (χ1v) is 5.55. The first-order chi connectivity index (χ1) is 7.00. The largest absolute Gasteiger partial charge is 0.347 e. The van der Waals surface area contributed by atoms with Gasteiger partial charge in [0.15, 0.2) is 0 Å². The van der Waals surface area contributed by atoms with E-state index < -0.39 is 0 Å². The molecule has 0 unspecified atom stereocenters. The van der Waals surface area contributed by atoms with Gasteiger partial charge in [0, 0.05) is 15.1 Å². The van der Waals surface area contributed by atoms with Crippen molar-refractivity contribution in [1.29, 1.82) is 0 Å². The summed E-state index contributed by atoms with van der Waals surface area (Å²) < 4.78 is 0.917. The number of rotatable bonds is 3. The highest BCUT2D eigenvalue weighted by molar-refractivity contribution is 9.10. The van der Waals surface area contributed by atoms with Crippen LogP contribution >= 0.6 is 27.5 Å². The van der Waals surface area contributed by atoms with Crippen LogP contribution < -0.4 is 5.32 Å². The number of benzene rings is 1. The Kier molecular flexibility index (Phi) is 4.36. The maximum atomic E-state index is 11.6. The zero-order valence-corrected chi connectivity index (χ0v) is 10.7. The van der Waals surface area contributed by atoms with Crippen molar-refractivity contribution in [2.24, 2.45) is 0 Å². The minimum absolute atomic E-state index is 0.155. The lowest BCUT2D eigenvalue weighted by atomic mass is 10.1. The van der Waals surface area contributed by atoms with Gasteiger partial charge in [0.2, 0.25) is 0 Å². The van der Waals surface area contributed by atoms with Crippen LogP contribution in [0.5, 0.6) is 0 Å². The van der Waals surface area contributed by atoms with E-state index in [0.29, 0.717) is 10.6 Å². The molecule has 0 bridgehead atoms. The summed E-state index contributed by atoms with van der Waals surface area (Å²) >= 11 is 8.92. The SMILES string of the molecule is C=C(Cl)CNC(=O)c1ccc(C)c(Br)c1. The normalized spacial score (nSPS) is 9.80. The van der Waals surface area contributed by atoms with Gasteiger partial charge in [-0.2, -0.15) is 0 Å². The van der Waals surface area contributed by atoms with Crippen LogP contribution in [0.15, 0.2) is 34.3 Å². The summed E-state index contributed by atoms with van der Waals surface area (Å²) in [4.78, 5) is 11.6. The molecule has 0 radical (unpaired) electrons. The van der Waals surface area contributed by atoms with Crippen molar-refractivity contribution >= 4 is 33.4 Å². The molecule has 1 aromatic rings. The van der Waals surface area contributed by atoms with Crippen molar-refractivity contribution in [3.8, 4) is 0 Å². The van der Waals surface area contributed by atoms with Crippen molar-refractivity contribution in [3.63, 3.8) is 0 Å². The number of carbonyl (C=O) groups excluding carboxylic acids is 1. The number of carbonyl (C=O) groups is 1. The van der Waals surface area contributed by atoms with E-state index in [1.54, 1.807) is 12.1 Å². The minimum Gasteiger partial charge on any atom is -0.347 e. The third-order valence-electron chi connectivity index (χ3n) is 1.87. The molecule has 1 aromatic carbocycles. The molecule has 1 rings (SSSR count). The molecule has 0 saturated heterocycles. The maximum absolute atomic E-state index is 11.6. The van der Waals surface area contributed by atoms with Crippen LogP contribution in [-0.4, -0.2) is 12.5 Å². The van der Waals surface area contributed by atoms with Crippen LogP contribution in [0.25, 0.3) is 0 Å². The second-order valence-corrected chi connectivity index (χ2v) is 4.55. The topological polar surface area (TPSA) is 29.1 Å². The standard InChI is InChI=1S/C11H11BrClNO/c1-7-3-4-9(5-10(7)12)11(15)14-6-8(2)13/h3-5H,2,6H2,1H3,(H,14,15). The summed E-state index contributed by atoms with van der Waals surface area (Å²) in [7, 11) is 0. The predicted octanol–water partition coefficient (Wildman–Crippen LogP) is 3.24. The minimum atomic E-state index is -0.155. The number of nitrogens with one attached hydrogen (secondary N) is 1. The average Bonchev–Trinajstić information content (AvgIpc) is 2.18. The van der Waals surface area contributed by atoms with Crippen LogP contribution in [0.2, 0.25) is 0 Å². The van der Waals surface area contributed by atoms with E-state index in [4.69, 9.17) is 11.6 Å². The Balaban J connectivity index is 2.74. The van der Waals surface area contributed by atoms with Gasteiger partial charge in [-0.15, -0.1) is 0 Å². The van der Waals surface area contributed by atoms with Gasteiger partial charge < -0.3 is 5.32 Å². The van der Waals surface area contributed by atoms with E-state index in [-0.39, 0.29) is 12.5 Å². The third-order valence-corrected chi connectivity index (χ3v) is 2.86. The molecule has 0 fully saturated rings. The van der Waals surface area contributed by atoms with E-state index in [1.807, 2.05) is 13.0 Å². The molecular weight excluding hydrogens is 277 g/mol. The molecular formula is C11H11BrClNO. The van der Waals surface area contributed by atoms with Gasteiger partial charge in [0.1, 0.15) is 0 Å². The molecule has 1 amide bonds. The number of amides is 1. The monoisotopic (exact) mass is 287 g/mol. The fourth-order valence-electron chi connectivity index (χ4n) is 1.01. The summed E-state index contributed by atoms with van der Waals surface area (Å²) in [5.74, 6) is -0.155. The Bertz CT molecular complexity index is 404. The third kappa shape index (κ3) is 3.68. The molecule has 0 spiro atoms. The first-order valence-electron chi connectivity index (χ1n) is 4.38. The molecule has 0 heterocycles. The van der Waals surface area contributed by atoms with Crippen molar-refractivity contribution in [1.82, 2.24) is 5.32 Å². The predicted molar refractivity (Wildman–Crippen MR) is 66.2 cm³/mol. The molecule has 80 valence electrons. The van der Waals surface area contributed by atoms with Gasteiger partial charge in [-0.3, -0.25) is 4.79 Å². The first kappa shape index (κ1) is 12.3. The zero-order valence-electron chi connectivity index (χ0n) is 8.31. The van der Waals surface area contributed by atoms with E-state index in [9.17, 15) is 4.79 Å².